The maximum Gasteiger partial charge on any atom is 0.324 e. The molecule has 0 fully saturated rings. The highest BCUT2D eigenvalue weighted by Gasteiger charge is 2.16. The molecule has 0 unspecified atom stereocenters. The zero-order valence-electron chi connectivity index (χ0n) is 8.44. The SMILES string of the molecule is CCOC(=O)[C@H](Cl)Cc1ccc(O)cc1. The van der Waals surface area contributed by atoms with Crippen LogP contribution in [0.1, 0.15) is 12.5 Å². The third-order valence-corrected chi connectivity index (χ3v) is 2.23. The van der Waals surface area contributed by atoms with E-state index < -0.39 is 11.3 Å². The van der Waals surface area contributed by atoms with Gasteiger partial charge in [0.05, 0.1) is 6.61 Å². The van der Waals surface area contributed by atoms with Crippen LogP contribution in [-0.2, 0) is 16.0 Å². The molecule has 0 aliphatic heterocycles. The number of esters is 1. The number of alkyl halides is 1. The minimum absolute atomic E-state index is 0.195. The van der Waals surface area contributed by atoms with E-state index in [1.807, 2.05) is 0 Å². The first-order chi connectivity index (χ1) is 7.13. The number of rotatable bonds is 4. The fourth-order valence-corrected chi connectivity index (χ4v) is 1.40. The summed E-state index contributed by atoms with van der Waals surface area (Å²) in [6.07, 6.45) is 0.403. The van der Waals surface area contributed by atoms with Crippen LogP contribution in [0, 0.1) is 0 Å². The Kier molecular flexibility index (Phi) is 4.43. The first-order valence-electron chi connectivity index (χ1n) is 4.72. The van der Waals surface area contributed by atoms with Gasteiger partial charge in [-0.05, 0) is 31.0 Å². The normalized spacial score (nSPS) is 12.1. The molecule has 0 radical (unpaired) electrons. The van der Waals surface area contributed by atoms with Crippen LogP contribution < -0.4 is 0 Å². The summed E-state index contributed by atoms with van der Waals surface area (Å²) in [6, 6.07) is 6.57. The van der Waals surface area contributed by atoms with Crippen molar-refractivity contribution in [2.75, 3.05) is 6.61 Å². The summed E-state index contributed by atoms with van der Waals surface area (Å²) in [5.74, 6) is -0.215. The van der Waals surface area contributed by atoms with Gasteiger partial charge in [-0.2, -0.15) is 0 Å². The topological polar surface area (TPSA) is 46.5 Å². The molecule has 0 amide bonds. The molecular formula is C11H13ClO3. The molecule has 0 saturated heterocycles. The summed E-state index contributed by atoms with van der Waals surface area (Å²) in [5.41, 5.74) is 0.890. The van der Waals surface area contributed by atoms with Gasteiger partial charge in [0, 0.05) is 0 Å². The number of carbonyl (C=O) groups excluding carboxylic acids is 1. The number of carbonyl (C=O) groups is 1. The molecule has 0 saturated carbocycles. The van der Waals surface area contributed by atoms with Crippen LogP contribution in [0.4, 0.5) is 0 Å². The highest BCUT2D eigenvalue weighted by molar-refractivity contribution is 6.30. The van der Waals surface area contributed by atoms with Crippen LogP contribution in [-0.4, -0.2) is 23.1 Å². The van der Waals surface area contributed by atoms with Crippen molar-refractivity contribution >= 4 is 17.6 Å². The van der Waals surface area contributed by atoms with E-state index in [2.05, 4.69) is 0 Å². The van der Waals surface area contributed by atoms with Crippen molar-refractivity contribution in [3.8, 4) is 5.75 Å². The van der Waals surface area contributed by atoms with Crippen molar-refractivity contribution in [2.24, 2.45) is 0 Å². The molecule has 1 rings (SSSR count). The monoisotopic (exact) mass is 228 g/mol. The summed E-state index contributed by atoms with van der Waals surface area (Å²) in [6.45, 7) is 2.07. The van der Waals surface area contributed by atoms with E-state index in [-0.39, 0.29) is 5.75 Å². The van der Waals surface area contributed by atoms with E-state index in [4.69, 9.17) is 21.4 Å². The summed E-state index contributed by atoms with van der Waals surface area (Å²) in [5, 5.41) is 8.39. The van der Waals surface area contributed by atoms with Crippen LogP contribution in [0.25, 0.3) is 0 Å². The van der Waals surface area contributed by atoms with Gasteiger partial charge >= 0.3 is 5.97 Å². The van der Waals surface area contributed by atoms with Crippen LogP contribution in [0.2, 0.25) is 0 Å². The lowest BCUT2D eigenvalue weighted by atomic mass is 10.1. The third kappa shape index (κ3) is 3.80. The summed E-state index contributed by atoms with van der Waals surface area (Å²) in [4.78, 5) is 11.2. The van der Waals surface area contributed by atoms with Crippen LogP contribution >= 0.6 is 11.6 Å². The molecule has 0 bridgehead atoms. The molecule has 0 aromatic heterocycles. The molecular weight excluding hydrogens is 216 g/mol. The summed E-state index contributed by atoms with van der Waals surface area (Å²) in [7, 11) is 0. The largest absolute Gasteiger partial charge is 0.508 e. The van der Waals surface area contributed by atoms with Crippen molar-refractivity contribution in [2.45, 2.75) is 18.7 Å². The predicted molar refractivity (Wildman–Crippen MR) is 58.1 cm³/mol. The van der Waals surface area contributed by atoms with Gasteiger partial charge in [-0.3, -0.25) is 4.79 Å². The lowest BCUT2D eigenvalue weighted by Crippen LogP contribution is -2.20. The Morgan fingerprint density at radius 3 is 2.60 bits per heavy atom. The van der Waals surface area contributed by atoms with Crippen LogP contribution in [0.3, 0.4) is 0 Å². The molecule has 1 aromatic carbocycles. The number of halogens is 1. The van der Waals surface area contributed by atoms with Gasteiger partial charge in [0.1, 0.15) is 11.1 Å². The summed E-state index contributed by atoms with van der Waals surface area (Å²) < 4.78 is 4.78. The van der Waals surface area contributed by atoms with Gasteiger partial charge in [-0.15, -0.1) is 11.6 Å². The van der Waals surface area contributed by atoms with E-state index in [1.165, 1.54) is 0 Å². The molecule has 1 aromatic rings. The molecule has 3 nitrogen and oxygen atoms in total. The average Bonchev–Trinajstić information content (AvgIpc) is 2.22. The smallest absolute Gasteiger partial charge is 0.324 e. The van der Waals surface area contributed by atoms with E-state index in [9.17, 15) is 4.79 Å². The van der Waals surface area contributed by atoms with Crippen molar-refractivity contribution in [1.82, 2.24) is 0 Å². The molecule has 0 aliphatic carbocycles. The molecule has 0 aliphatic rings. The van der Waals surface area contributed by atoms with Crippen molar-refractivity contribution in [3.05, 3.63) is 29.8 Å². The Labute approximate surface area is 93.6 Å². The molecule has 1 atom stereocenters. The van der Waals surface area contributed by atoms with E-state index >= 15 is 0 Å². The Hall–Kier alpha value is -1.22. The lowest BCUT2D eigenvalue weighted by molar-refractivity contribution is -0.142. The quantitative estimate of drug-likeness (QED) is 0.634. The number of hydrogen-bond donors (Lipinski definition) is 1. The Morgan fingerprint density at radius 2 is 2.07 bits per heavy atom. The van der Waals surface area contributed by atoms with Gasteiger partial charge in [0.25, 0.3) is 0 Å². The molecule has 0 heterocycles. The number of phenolic OH excluding ortho intramolecular Hbond substituents is 1. The van der Waals surface area contributed by atoms with Gasteiger partial charge in [-0.1, -0.05) is 12.1 Å². The third-order valence-electron chi connectivity index (χ3n) is 1.89. The Bertz CT molecular complexity index is 321. The highest BCUT2D eigenvalue weighted by atomic mass is 35.5. The molecule has 1 N–H and O–H groups in total. The number of benzene rings is 1. The second-order valence-electron chi connectivity index (χ2n) is 3.09. The average molecular weight is 229 g/mol. The van der Waals surface area contributed by atoms with Crippen LogP contribution in [0.15, 0.2) is 24.3 Å². The summed E-state index contributed by atoms with van der Waals surface area (Å²) >= 11 is 5.85. The predicted octanol–water partition coefficient (Wildman–Crippen LogP) is 2.11. The van der Waals surface area contributed by atoms with E-state index in [0.717, 1.165) is 5.56 Å². The van der Waals surface area contributed by atoms with Crippen molar-refractivity contribution < 1.29 is 14.6 Å². The molecule has 82 valence electrons. The first-order valence-corrected chi connectivity index (χ1v) is 5.15. The number of ether oxygens (including phenoxy) is 1. The highest BCUT2D eigenvalue weighted by Crippen LogP contribution is 2.14. The van der Waals surface area contributed by atoms with Gasteiger partial charge in [-0.25, -0.2) is 0 Å². The number of phenols is 1. The Morgan fingerprint density at radius 1 is 1.47 bits per heavy atom. The maximum absolute atomic E-state index is 11.2. The van der Waals surface area contributed by atoms with Crippen molar-refractivity contribution in [1.29, 1.82) is 0 Å². The van der Waals surface area contributed by atoms with Crippen LogP contribution in [0.5, 0.6) is 5.75 Å². The molecule has 0 spiro atoms. The van der Waals surface area contributed by atoms with Gasteiger partial charge < -0.3 is 9.84 Å². The second-order valence-corrected chi connectivity index (χ2v) is 3.62. The lowest BCUT2D eigenvalue weighted by Gasteiger charge is -2.08. The Balaban J connectivity index is 2.54. The zero-order valence-corrected chi connectivity index (χ0v) is 9.20. The number of hydrogen-bond acceptors (Lipinski definition) is 3. The van der Waals surface area contributed by atoms with Gasteiger partial charge in [0.2, 0.25) is 0 Å². The van der Waals surface area contributed by atoms with Gasteiger partial charge in [0.15, 0.2) is 0 Å². The van der Waals surface area contributed by atoms with E-state index in [1.54, 1.807) is 31.2 Å². The maximum atomic E-state index is 11.2. The standard InChI is InChI=1S/C11H13ClO3/c1-2-15-11(14)10(12)7-8-3-5-9(13)6-4-8/h3-6,10,13H,2,7H2,1H3/t10-/m1/s1. The van der Waals surface area contributed by atoms with E-state index in [0.29, 0.717) is 13.0 Å². The second kappa shape index (κ2) is 5.61. The molecule has 15 heavy (non-hydrogen) atoms. The molecule has 4 heteroatoms. The fourth-order valence-electron chi connectivity index (χ4n) is 1.15. The minimum atomic E-state index is -0.672. The van der Waals surface area contributed by atoms with Crippen molar-refractivity contribution in [3.63, 3.8) is 0 Å². The fraction of sp³-hybridized carbons (Fsp3) is 0.364. The zero-order chi connectivity index (χ0) is 11.3. The number of aromatic hydroxyl groups is 1. The minimum Gasteiger partial charge on any atom is -0.508 e. The first kappa shape index (κ1) is 11.9.